The van der Waals surface area contributed by atoms with Crippen molar-refractivity contribution in [2.45, 2.75) is 13.8 Å². The summed E-state index contributed by atoms with van der Waals surface area (Å²) in [6.07, 6.45) is 5.38. The molecule has 0 aliphatic rings. The van der Waals surface area contributed by atoms with E-state index in [1.807, 2.05) is 104 Å². The third-order valence-corrected chi connectivity index (χ3v) is 5.37. The number of pyridine rings is 1. The highest BCUT2D eigenvalue weighted by Crippen LogP contribution is 2.23. The number of carbonyl (C=O) groups excluding carboxylic acids is 1. The fraction of sp³-hybridized carbons (Fsp3) is 0.0769. The molecule has 7 nitrogen and oxygen atoms in total. The van der Waals surface area contributed by atoms with Crippen LogP contribution in [0.5, 0.6) is 0 Å². The monoisotopic (exact) mass is 434 g/mol. The molecule has 0 aliphatic heterocycles. The van der Waals surface area contributed by atoms with E-state index in [2.05, 4.69) is 15.5 Å². The van der Waals surface area contributed by atoms with Crippen molar-refractivity contribution < 1.29 is 4.79 Å². The SMILES string of the molecule is Cc1ccn2c(C(=O)N/N=C/c3nn(-c4ccccc4)cc3-c3ccccc3)c(C)nc2c1. The molecule has 0 atom stereocenters. The Kier molecular flexibility index (Phi) is 5.28. The quantitative estimate of drug-likeness (QED) is 0.325. The zero-order chi connectivity index (χ0) is 22.8. The zero-order valence-corrected chi connectivity index (χ0v) is 18.3. The maximum atomic E-state index is 12.9. The lowest BCUT2D eigenvalue weighted by Gasteiger charge is -2.02. The third-order valence-electron chi connectivity index (χ3n) is 5.37. The van der Waals surface area contributed by atoms with Gasteiger partial charge in [0.1, 0.15) is 17.0 Å². The molecule has 0 saturated heterocycles. The summed E-state index contributed by atoms with van der Waals surface area (Å²) in [5, 5.41) is 8.91. The van der Waals surface area contributed by atoms with E-state index >= 15 is 0 Å². The lowest BCUT2D eigenvalue weighted by molar-refractivity contribution is 0.0948. The molecule has 162 valence electrons. The number of amides is 1. The summed E-state index contributed by atoms with van der Waals surface area (Å²) in [6.45, 7) is 3.81. The number of fused-ring (bicyclic) bond motifs is 1. The van der Waals surface area contributed by atoms with Gasteiger partial charge in [-0.15, -0.1) is 0 Å². The highest BCUT2D eigenvalue weighted by molar-refractivity contribution is 5.96. The first kappa shape index (κ1) is 20.4. The van der Waals surface area contributed by atoms with Gasteiger partial charge in [0.2, 0.25) is 0 Å². The zero-order valence-electron chi connectivity index (χ0n) is 18.3. The molecule has 2 aromatic carbocycles. The van der Waals surface area contributed by atoms with Gasteiger partial charge in [0.05, 0.1) is 17.6 Å². The molecule has 0 bridgehead atoms. The minimum absolute atomic E-state index is 0.330. The molecule has 1 N–H and O–H groups in total. The lowest BCUT2D eigenvalue weighted by Crippen LogP contribution is -2.20. The number of nitrogens with one attached hydrogen (secondary N) is 1. The molecule has 7 heteroatoms. The van der Waals surface area contributed by atoms with E-state index in [-0.39, 0.29) is 5.91 Å². The topological polar surface area (TPSA) is 76.6 Å². The van der Waals surface area contributed by atoms with Gasteiger partial charge >= 0.3 is 0 Å². The number of benzene rings is 2. The van der Waals surface area contributed by atoms with Crippen LogP contribution in [-0.2, 0) is 0 Å². The predicted octanol–water partition coefficient (Wildman–Crippen LogP) is 4.57. The van der Waals surface area contributed by atoms with Gasteiger partial charge in [-0.2, -0.15) is 10.2 Å². The Labute approximate surface area is 191 Å². The van der Waals surface area contributed by atoms with Crippen LogP contribution in [-0.4, -0.2) is 31.3 Å². The fourth-order valence-corrected chi connectivity index (χ4v) is 3.78. The van der Waals surface area contributed by atoms with Gasteiger partial charge in [-0.25, -0.2) is 15.1 Å². The van der Waals surface area contributed by atoms with E-state index in [9.17, 15) is 4.79 Å². The average molecular weight is 435 g/mol. The number of hydrogen-bond acceptors (Lipinski definition) is 4. The second kappa shape index (κ2) is 8.55. The molecular formula is C26H22N6O. The van der Waals surface area contributed by atoms with Crippen LogP contribution in [0.1, 0.15) is 27.4 Å². The summed E-state index contributed by atoms with van der Waals surface area (Å²) in [7, 11) is 0. The number of hydrogen-bond donors (Lipinski definition) is 1. The number of nitrogens with zero attached hydrogens (tertiary/aromatic N) is 5. The summed E-state index contributed by atoms with van der Waals surface area (Å²) in [5.74, 6) is -0.330. The minimum Gasteiger partial charge on any atom is -0.295 e. The Balaban J connectivity index is 1.45. The average Bonchev–Trinajstić information content (AvgIpc) is 3.40. The smallest absolute Gasteiger partial charge is 0.290 e. The van der Waals surface area contributed by atoms with E-state index in [0.29, 0.717) is 17.1 Å². The first-order valence-corrected chi connectivity index (χ1v) is 10.6. The molecule has 5 aromatic rings. The van der Waals surface area contributed by atoms with Gasteiger partial charge in [0.15, 0.2) is 0 Å². The van der Waals surface area contributed by atoms with E-state index in [1.165, 1.54) is 0 Å². The summed E-state index contributed by atoms with van der Waals surface area (Å²) in [5.41, 5.74) is 9.07. The van der Waals surface area contributed by atoms with Crippen LogP contribution in [0.15, 0.2) is 90.3 Å². The van der Waals surface area contributed by atoms with Gasteiger partial charge in [-0.05, 0) is 49.2 Å². The van der Waals surface area contributed by atoms with Crippen molar-refractivity contribution in [1.82, 2.24) is 24.6 Å². The van der Waals surface area contributed by atoms with Crippen LogP contribution >= 0.6 is 0 Å². The molecule has 33 heavy (non-hydrogen) atoms. The largest absolute Gasteiger partial charge is 0.295 e. The van der Waals surface area contributed by atoms with Crippen molar-refractivity contribution in [3.05, 3.63) is 108 Å². The van der Waals surface area contributed by atoms with Crippen LogP contribution in [0, 0.1) is 13.8 Å². The van der Waals surface area contributed by atoms with Gasteiger partial charge in [0, 0.05) is 18.0 Å². The molecule has 0 saturated carbocycles. The Morgan fingerprint density at radius 3 is 2.48 bits per heavy atom. The lowest BCUT2D eigenvalue weighted by atomic mass is 10.1. The number of rotatable bonds is 5. The van der Waals surface area contributed by atoms with Crippen LogP contribution < -0.4 is 5.43 Å². The Morgan fingerprint density at radius 2 is 1.73 bits per heavy atom. The Morgan fingerprint density at radius 1 is 1.00 bits per heavy atom. The predicted molar refractivity (Wildman–Crippen MR) is 129 cm³/mol. The minimum atomic E-state index is -0.330. The molecule has 0 fully saturated rings. The van der Waals surface area contributed by atoms with Crippen LogP contribution in [0.25, 0.3) is 22.5 Å². The normalized spacial score (nSPS) is 11.3. The number of para-hydroxylation sites is 1. The first-order chi connectivity index (χ1) is 16.1. The molecule has 1 amide bonds. The van der Waals surface area contributed by atoms with Crippen molar-refractivity contribution in [1.29, 1.82) is 0 Å². The molecule has 0 unspecified atom stereocenters. The maximum absolute atomic E-state index is 12.9. The maximum Gasteiger partial charge on any atom is 0.290 e. The Bertz CT molecular complexity index is 1470. The number of imidazole rings is 1. The van der Waals surface area contributed by atoms with Crippen molar-refractivity contribution in [2.24, 2.45) is 5.10 Å². The number of hydrazone groups is 1. The highest BCUT2D eigenvalue weighted by atomic mass is 16.2. The van der Waals surface area contributed by atoms with Crippen molar-refractivity contribution in [2.75, 3.05) is 0 Å². The fourth-order valence-electron chi connectivity index (χ4n) is 3.78. The molecule has 0 radical (unpaired) electrons. The van der Waals surface area contributed by atoms with E-state index in [4.69, 9.17) is 5.10 Å². The summed E-state index contributed by atoms with van der Waals surface area (Å²) in [4.78, 5) is 17.4. The van der Waals surface area contributed by atoms with Gasteiger partial charge < -0.3 is 0 Å². The van der Waals surface area contributed by atoms with Gasteiger partial charge in [0.25, 0.3) is 5.91 Å². The van der Waals surface area contributed by atoms with Crippen LogP contribution in [0.4, 0.5) is 0 Å². The third kappa shape index (κ3) is 4.04. The van der Waals surface area contributed by atoms with E-state index < -0.39 is 0 Å². The summed E-state index contributed by atoms with van der Waals surface area (Å²) >= 11 is 0. The van der Waals surface area contributed by atoms with E-state index in [0.717, 1.165) is 28.0 Å². The summed E-state index contributed by atoms with van der Waals surface area (Å²) in [6, 6.07) is 23.7. The number of carbonyl (C=O) groups is 1. The molecule has 3 heterocycles. The molecule has 3 aromatic heterocycles. The second-order valence-electron chi connectivity index (χ2n) is 7.75. The van der Waals surface area contributed by atoms with E-state index in [1.54, 1.807) is 10.6 Å². The van der Waals surface area contributed by atoms with Crippen LogP contribution in [0.2, 0.25) is 0 Å². The van der Waals surface area contributed by atoms with Crippen LogP contribution in [0.3, 0.4) is 0 Å². The van der Waals surface area contributed by atoms with Crippen molar-refractivity contribution in [3.63, 3.8) is 0 Å². The summed E-state index contributed by atoms with van der Waals surface area (Å²) < 4.78 is 3.58. The molecule has 5 rings (SSSR count). The van der Waals surface area contributed by atoms with Crippen molar-refractivity contribution >= 4 is 17.8 Å². The number of aryl methyl sites for hydroxylation is 2. The standard InChI is InChI=1S/C26H22N6O/c1-18-13-14-31-24(15-18)28-19(2)25(31)26(33)29-27-16-23-22(20-9-5-3-6-10-20)17-32(30-23)21-11-7-4-8-12-21/h3-17H,1-2H3,(H,29,33)/b27-16+. The molecule has 0 spiro atoms. The van der Waals surface area contributed by atoms with Gasteiger partial charge in [-0.3, -0.25) is 9.20 Å². The number of aromatic nitrogens is 4. The molecule has 0 aliphatic carbocycles. The Hall–Kier alpha value is -4.52. The van der Waals surface area contributed by atoms with Crippen molar-refractivity contribution in [3.8, 4) is 16.8 Å². The van der Waals surface area contributed by atoms with Gasteiger partial charge in [-0.1, -0.05) is 48.5 Å². The second-order valence-corrected chi connectivity index (χ2v) is 7.75. The highest BCUT2D eigenvalue weighted by Gasteiger charge is 2.16. The first-order valence-electron chi connectivity index (χ1n) is 10.6. The molecular weight excluding hydrogens is 412 g/mol.